The lowest BCUT2D eigenvalue weighted by Gasteiger charge is -2.44. The molecule has 19 heavy (non-hydrogen) atoms. The van der Waals surface area contributed by atoms with Crippen LogP contribution in [0.1, 0.15) is 20.8 Å². The number of anilines is 1. The summed E-state index contributed by atoms with van der Waals surface area (Å²) in [5, 5.41) is 11.4. The molecule has 0 amide bonds. The van der Waals surface area contributed by atoms with E-state index in [0.717, 1.165) is 0 Å². The van der Waals surface area contributed by atoms with Gasteiger partial charge >= 0.3 is 5.69 Å². The molecule has 1 fully saturated rings. The van der Waals surface area contributed by atoms with Gasteiger partial charge in [0.15, 0.2) is 0 Å². The van der Waals surface area contributed by atoms with E-state index in [0.29, 0.717) is 19.0 Å². The Kier molecular flexibility index (Phi) is 3.64. The van der Waals surface area contributed by atoms with Gasteiger partial charge < -0.3 is 9.64 Å². The maximum absolute atomic E-state index is 11.1. The zero-order valence-corrected chi connectivity index (χ0v) is 11.8. The Labute approximate surface area is 116 Å². The van der Waals surface area contributed by atoms with Crippen molar-refractivity contribution in [2.24, 2.45) is 0 Å². The van der Waals surface area contributed by atoms with Gasteiger partial charge in [-0.05, 0) is 20.8 Å². The van der Waals surface area contributed by atoms with Crippen LogP contribution in [-0.4, -0.2) is 34.7 Å². The first kappa shape index (κ1) is 14.0. The highest BCUT2D eigenvalue weighted by Gasteiger charge is 2.38. The average Bonchev–Trinajstić information content (AvgIpc) is 2.33. The quantitative estimate of drug-likeness (QED) is 0.617. The van der Waals surface area contributed by atoms with E-state index < -0.39 is 4.92 Å². The summed E-state index contributed by atoms with van der Waals surface area (Å²) in [7, 11) is 0. The van der Waals surface area contributed by atoms with E-state index in [-0.39, 0.29) is 22.4 Å². The minimum absolute atomic E-state index is 0.0198. The number of nitrogens with zero attached hydrogens (tertiary/aromatic N) is 3. The van der Waals surface area contributed by atoms with Gasteiger partial charge in [0.1, 0.15) is 0 Å². The molecule has 0 saturated carbocycles. The number of morpholine rings is 1. The van der Waals surface area contributed by atoms with E-state index in [1.807, 2.05) is 25.7 Å². The molecule has 1 atom stereocenters. The zero-order chi connectivity index (χ0) is 14.2. The number of ether oxygens (including phenoxy) is 1. The van der Waals surface area contributed by atoms with Crippen LogP contribution in [0.5, 0.6) is 0 Å². The molecule has 6 nitrogen and oxygen atoms in total. The van der Waals surface area contributed by atoms with Gasteiger partial charge in [-0.3, -0.25) is 10.1 Å². The van der Waals surface area contributed by atoms with Crippen molar-refractivity contribution in [1.29, 1.82) is 0 Å². The number of nitro groups is 1. The summed E-state index contributed by atoms with van der Waals surface area (Å²) >= 11 is 5.78. The van der Waals surface area contributed by atoms with E-state index in [9.17, 15) is 10.1 Å². The lowest BCUT2D eigenvalue weighted by atomic mass is 9.96. The minimum Gasteiger partial charge on any atom is -0.372 e. The highest BCUT2D eigenvalue weighted by Crippen LogP contribution is 2.34. The van der Waals surface area contributed by atoms with Gasteiger partial charge in [0.05, 0.1) is 28.2 Å². The van der Waals surface area contributed by atoms with Gasteiger partial charge in [-0.15, -0.1) is 0 Å². The van der Waals surface area contributed by atoms with Crippen LogP contribution in [0.3, 0.4) is 0 Å². The highest BCUT2D eigenvalue weighted by atomic mass is 35.5. The van der Waals surface area contributed by atoms with Crippen LogP contribution in [0.25, 0.3) is 0 Å². The standard InChI is InChI=1S/C12H16ClN3O3/c1-8-12(2,3)19-5-4-15(8)11-10(16(17)18)6-9(13)7-14-11/h6-8H,4-5H2,1-3H3. The molecule has 7 heteroatoms. The predicted molar refractivity (Wildman–Crippen MR) is 72.7 cm³/mol. The molecule has 1 saturated heterocycles. The van der Waals surface area contributed by atoms with Crippen molar-refractivity contribution in [2.45, 2.75) is 32.4 Å². The van der Waals surface area contributed by atoms with Gasteiger partial charge in [-0.1, -0.05) is 11.6 Å². The van der Waals surface area contributed by atoms with Crippen molar-refractivity contribution in [3.63, 3.8) is 0 Å². The Morgan fingerprint density at radius 3 is 2.95 bits per heavy atom. The van der Waals surface area contributed by atoms with E-state index in [1.165, 1.54) is 12.3 Å². The first-order valence-corrected chi connectivity index (χ1v) is 6.41. The van der Waals surface area contributed by atoms with Crippen LogP contribution in [0.4, 0.5) is 11.5 Å². The summed E-state index contributed by atoms with van der Waals surface area (Å²) in [6.07, 6.45) is 1.43. The molecular weight excluding hydrogens is 270 g/mol. The fourth-order valence-electron chi connectivity index (χ4n) is 2.16. The molecule has 1 aromatic heterocycles. The fraction of sp³-hybridized carbons (Fsp3) is 0.583. The normalized spacial score (nSPS) is 22.3. The Bertz CT molecular complexity index is 507. The number of halogens is 1. The second-order valence-corrected chi connectivity index (χ2v) is 5.51. The van der Waals surface area contributed by atoms with Crippen molar-refractivity contribution in [2.75, 3.05) is 18.1 Å². The molecule has 0 aromatic carbocycles. The Balaban J connectivity index is 2.44. The first-order valence-electron chi connectivity index (χ1n) is 6.03. The van der Waals surface area contributed by atoms with Crippen molar-refractivity contribution in [1.82, 2.24) is 4.98 Å². The Morgan fingerprint density at radius 1 is 1.63 bits per heavy atom. The van der Waals surface area contributed by atoms with Crippen LogP contribution in [0.2, 0.25) is 5.02 Å². The van der Waals surface area contributed by atoms with Crippen LogP contribution < -0.4 is 4.90 Å². The summed E-state index contributed by atoms with van der Waals surface area (Å²) in [6.45, 7) is 6.98. The lowest BCUT2D eigenvalue weighted by Crippen LogP contribution is -2.55. The molecule has 0 aliphatic carbocycles. The molecule has 2 rings (SSSR count). The molecule has 1 aromatic rings. The minimum atomic E-state index is -0.455. The second kappa shape index (κ2) is 4.94. The Hall–Kier alpha value is -1.40. The fourth-order valence-corrected chi connectivity index (χ4v) is 2.32. The smallest absolute Gasteiger partial charge is 0.313 e. The van der Waals surface area contributed by atoms with Crippen molar-refractivity contribution in [3.05, 3.63) is 27.4 Å². The van der Waals surface area contributed by atoms with Crippen LogP contribution in [0, 0.1) is 10.1 Å². The van der Waals surface area contributed by atoms with E-state index in [1.54, 1.807) is 0 Å². The van der Waals surface area contributed by atoms with Crippen molar-refractivity contribution < 1.29 is 9.66 Å². The second-order valence-electron chi connectivity index (χ2n) is 5.07. The molecular formula is C12H16ClN3O3. The molecule has 0 radical (unpaired) electrons. The van der Waals surface area contributed by atoms with Crippen molar-refractivity contribution >= 4 is 23.1 Å². The number of rotatable bonds is 2. The molecule has 0 bridgehead atoms. The molecule has 1 unspecified atom stereocenters. The summed E-state index contributed by atoms with van der Waals surface area (Å²) in [5.41, 5.74) is -0.454. The first-order chi connectivity index (χ1) is 8.83. The highest BCUT2D eigenvalue weighted by molar-refractivity contribution is 6.30. The molecule has 0 N–H and O–H groups in total. The topological polar surface area (TPSA) is 68.5 Å². The summed E-state index contributed by atoms with van der Waals surface area (Å²) in [5.74, 6) is 0.346. The largest absolute Gasteiger partial charge is 0.372 e. The van der Waals surface area contributed by atoms with Gasteiger partial charge in [0.25, 0.3) is 0 Å². The molecule has 1 aliphatic heterocycles. The van der Waals surface area contributed by atoms with Gasteiger partial charge in [0, 0.05) is 18.8 Å². The van der Waals surface area contributed by atoms with Gasteiger partial charge in [-0.25, -0.2) is 4.98 Å². The number of aromatic nitrogens is 1. The molecule has 104 valence electrons. The third-order valence-corrected chi connectivity index (χ3v) is 3.77. The summed E-state index contributed by atoms with van der Waals surface area (Å²) < 4.78 is 5.69. The third kappa shape index (κ3) is 2.64. The number of hydrogen-bond donors (Lipinski definition) is 0. The van der Waals surface area contributed by atoms with Gasteiger partial charge in [0.2, 0.25) is 5.82 Å². The van der Waals surface area contributed by atoms with E-state index in [4.69, 9.17) is 16.3 Å². The number of pyridine rings is 1. The lowest BCUT2D eigenvalue weighted by molar-refractivity contribution is -0.384. The van der Waals surface area contributed by atoms with Crippen molar-refractivity contribution in [3.8, 4) is 0 Å². The van der Waals surface area contributed by atoms with Crippen LogP contribution in [-0.2, 0) is 4.74 Å². The summed E-state index contributed by atoms with van der Waals surface area (Å²) in [6, 6.07) is 1.31. The van der Waals surface area contributed by atoms with E-state index >= 15 is 0 Å². The van der Waals surface area contributed by atoms with Crippen LogP contribution in [0.15, 0.2) is 12.3 Å². The molecule has 1 aliphatic rings. The monoisotopic (exact) mass is 285 g/mol. The molecule has 2 heterocycles. The predicted octanol–water partition coefficient (Wildman–Crippen LogP) is 2.65. The average molecular weight is 286 g/mol. The Morgan fingerprint density at radius 2 is 2.32 bits per heavy atom. The SMILES string of the molecule is CC1N(c2ncc(Cl)cc2[N+](=O)[O-])CCOC1(C)C. The maximum atomic E-state index is 11.1. The van der Waals surface area contributed by atoms with Gasteiger partial charge in [-0.2, -0.15) is 0 Å². The van der Waals surface area contributed by atoms with E-state index in [2.05, 4.69) is 4.98 Å². The maximum Gasteiger partial charge on any atom is 0.313 e. The summed E-state index contributed by atoms with van der Waals surface area (Å²) in [4.78, 5) is 16.7. The number of hydrogen-bond acceptors (Lipinski definition) is 5. The van der Waals surface area contributed by atoms with Crippen LogP contribution >= 0.6 is 11.6 Å². The zero-order valence-electron chi connectivity index (χ0n) is 11.1. The third-order valence-electron chi connectivity index (χ3n) is 3.56. The molecule has 0 spiro atoms.